The smallest absolute Gasteiger partial charge is 0.223 e. The van der Waals surface area contributed by atoms with Gasteiger partial charge >= 0.3 is 0 Å². The number of Topliss-reactive ketones (excluding diaryl/α,β-unsaturated/α-hetero) is 1. The molecule has 0 spiro atoms. The van der Waals surface area contributed by atoms with E-state index in [0.717, 1.165) is 0 Å². The van der Waals surface area contributed by atoms with Crippen molar-refractivity contribution in [3.63, 3.8) is 0 Å². The van der Waals surface area contributed by atoms with E-state index in [1.165, 1.54) is 0 Å². The van der Waals surface area contributed by atoms with E-state index in [2.05, 4.69) is 20.8 Å². The van der Waals surface area contributed by atoms with Crippen LogP contribution in [0.15, 0.2) is 18.2 Å². The third-order valence-corrected chi connectivity index (χ3v) is 4.57. The molecular weight excluding hydrogens is 309 g/mol. The molecule has 1 aromatic carbocycles. The van der Waals surface area contributed by atoms with Gasteiger partial charge in [-0.1, -0.05) is 44.0 Å². The van der Waals surface area contributed by atoms with Crippen LogP contribution < -0.4 is 0 Å². The van der Waals surface area contributed by atoms with Crippen LogP contribution in [0.25, 0.3) is 0 Å². The molecule has 1 aliphatic heterocycles. The largest absolute Gasteiger partial charge is 0.335 e. The molecule has 0 aliphatic carbocycles. The normalized spacial score (nSPS) is 19.2. The van der Waals surface area contributed by atoms with Gasteiger partial charge in [0.2, 0.25) is 5.91 Å². The van der Waals surface area contributed by atoms with Crippen LogP contribution in [0.2, 0.25) is 10.0 Å². The Morgan fingerprint density at radius 3 is 2.57 bits per heavy atom. The quantitative estimate of drug-likeness (QED) is 0.785. The zero-order chi connectivity index (χ0) is 15.8. The standard InChI is InChI=1S/C16H19Cl2NO2/c1-16(2,3)10-6-15(21)19(8-10)9-14(20)12-7-11(17)4-5-13(12)18/h4-5,7,10H,6,8-9H2,1-3H3. The van der Waals surface area contributed by atoms with E-state index in [9.17, 15) is 9.59 Å². The Bertz CT molecular complexity index is 578. The Labute approximate surface area is 135 Å². The lowest BCUT2D eigenvalue weighted by Gasteiger charge is -2.26. The number of nitrogens with zero attached hydrogens (tertiary/aromatic N) is 1. The zero-order valence-electron chi connectivity index (χ0n) is 12.5. The second kappa shape index (κ2) is 5.98. The number of carbonyl (C=O) groups excluding carboxylic acids is 2. The molecular formula is C16H19Cl2NO2. The van der Waals surface area contributed by atoms with Gasteiger partial charge in [0, 0.05) is 23.6 Å². The summed E-state index contributed by atoms with van der Waals surface area (Å²) in [6.45, 7) is 7.02. The minimum atomic E-state index is -0.176. The van der Waals surface area contributed by atoms with Gasteiger partial charge in [0.25, 0.3) is 0 Å². The number of carbonyl (C=O) groups is 2. The Morgan fingerprint density at radius 1 is 1.33 bits per heavy atom. The first-order chi connectivity index (χ1) is 9.68. The summed E-state index contributed by atoms with van der Waals surface area (Å²) in [7, 11) is 0. The zero-order valence-corrected chi connectivity index (χ0v) is 14.0. The van der Waals surface area contributed by atoms with Crippen LogP contribution in [0.3, 0.4) is 0 Å². The van der Waals surface area contributed by atoms with Gasteiger partial charge in [0.05, 0.1) is 11.6 Å². The number of amides is 1. The second-order valence-corrected chi connectivity index (χ2v) is 7.43. The highest BCUT2D eigenvalue weighted by atomic mass is 35.5. The molecule has 21 heavy (non-hydrogen) atoms. The maximum absolute atomic E-state index is 12.3. The molecule has 1 heterocycles. The van der Waals surface area contributed by atoms with Gasteiger partial charge in [-0.2, -0.15) is 0 Å². The predicted molar refractivity (Wildman–Crippen MR) is 84.9 cm³/mol. The fraction of sp³-hybridized carbons (Fsp3) is 0.500. The van der Waals surface area contributed by atoms with Gasteiger partial charge in [-0.3, -0.25) is 9.59 Å². The third-order valence-electron chi connectivity index (χ3n) is 4.00. The van der Waals surface area contributed by atoms with Gasteiger partial charge in [-0.25, -0.2) is 0 Å². The molecule has 0 bridgehead atoms. The maximum Gasteiger partial charge on any atom is 0.223 e. The van der Waals surface area contributed by atoms with E-state index >= 15 is 0 Å². The van der Waals surface area contributed by atoms with Crippen molar-refractivity contribution in [1.29, 1.82) is 0 Å². The lowest BCUT2D eigenvalue weighted by molar-refractivity contribution is -0.127. The number of hydrogen-bond acceptors (Lipinski definition) is 2. The van der Waals surface area contributed by atoms with Crippen molar-refractivity contribution in [2.75, 3.05) is 13.1 Å². The fourth-order valence-corrected chi connectivity index (χ4v) is 2.87. The molecule has 0 N–H and O–H groups in total. The lowest BCUT2D eigenvalue weighted by Crippen LogP contribution is -2.32. The molecule has 1 fully saturated rings. The van der Waals surface area contributed by atoms with E-state index < -0.39 is 0 Å². The molecule has 0 aromatic heterocycles. The van der Waals surface area contributed by atoms with Crippen molar-refractivity contribution < 1.29 is 9.59 Å². The molecule has 5 heteroatoms. The summed E-state index contributed by atoms with van der Waals surface area (Å²) in [5.74, 6) is 0.125. The van der Waals surface area contributed by atoms with Crippen LogP contribution in [-0.4, -0.2) is 29.7 Å². The minimum absolute atomic E-state index is 0.0291. The molecule has 1 unspecified atom stereocenters. The molecule has 1 aliphatic rings. The van der Waals surface area contributed by atoms with Crippen molar-refractivity contribution in [2.45, 2.75) is 27.2 Å². The summed E-state index contributed by atoms with van der Waals surface area (Å²) in [6, 6.07) is 4.78. The Morgan fingerprint density at radius 2 is 2.00 bits per heavy atom. The highest BCUT2D eigenvalue weighted by Gasteiger charge is 2.37. The van der Waals surface area contributed by atoms with E-state index in [0.29, 0.717) is 28.6 Å². The first kappa shape index (κ1) is 16.3. The van der Waals surface area contributed by atoms with E-state index in [1.54, 1.807) is 23.1 Å². The van der Waals surface area contributed by atoms with Gasteiger partial charge in [-0.15, -0.1) is 0 Å². The summed E-state index contributed by atoms with van der Waals surface area (Å²) in [6.07, 6.45) is 0.500. The number of hydrogen-bond donors (Lipinski definition) is 0. The number of likely N-dealkylation sites (tertiary alicyclic amines) is 1. The van der Waals surface area contributed by atoms with Crippen LogP contribution in [0.4, 0.5) is 0 Å². The van der Waals surface area contributed by atoms with E-state index in [1.807, 2.05) is 0 Å². The van der Waals surface area contributed by atoms with Crippen molar-refractivity contribution in [1.82, 2.24) is 4.90 Å². The van der Waals surface area contributed by atoms with Crippen LogP contribution in [-0.2, 0) is 4.79 Å². The number of halogens is 2. The third kappa shape index (κ3) is 3.78. The number of ketones is 1. The van der Waals surface area contributed by atoms with Crippen LogP contribution in [0.1, 0.15) is 37.6 Å². The van der Waals surface area contributed by atoms with Gasteiger partial charge in [0.15, 0.2) is 5.78 Å². The van der Waals surface area contributed by atoms with Crippen molar-refractivity contribution in [3.8, 4) is 0 Å². The molecule has 0 saturated carbocycles. The van der Waals surface area contributed by atoms with Crippen molar-refractivity contribution in [3.05, 3.63) is 33.8 Å². The van der Waals surface area contributed by atoms with Gasteiger partial charge in [0.1, 0.15) is 0 Å². The summed E-state index contributed by atoms with van der Waals surface area (Å²) in [5.41, 5.74) is 0.428. The topological polar surface area (TPSA) is 37.4 Å². The van der Waals surface area contributed by atoms with E-state index in [-0.39, 0.29) is 29.6 Å². The Hall–Kier alpha value is -1.06. The van der Waals surface area contributed by atoms with Crippen LogP contribution in [0.5, 0.6) is 0 Å². The molecule has 1 saturated heterocycles. The Balaban J connectivity index is 2.10. The summed E-state index contributed by atoms with van der Waals surface area (Å²) < 4.78 is 0. The number of benzene rings is 1. The summed E-state index contributed by atoms with van der Waals surface area (Å²) in [4.78, 5) is 26.0. The molecule has 114 valence electrons. The average Bonchev–Trinajstić information content (AvgIpc) is 2.74. The van der Waals surface area contributed by atoms with Crippen LogP contribution in [0, 0.1) is 11.3 Å². The average molecular weight is 328 g/mol. The first-order valence-electron chi connectivity index (χ1n) is 6.94. The summed E-state index contributed by atoms with van der Waals surface area (Å²) >= 11 is 11.9. The monoisotopic (exact) mass is 327 g/mol. The highest BCUT2D eigenvalue weighted by Crippen LogP contribution is 2.34. The van der Waals surface area contributed by atoms with Crippen molar-refractivity contribution in [2.24, 2.45) is 11.3 Å². The number of rotatable bonds is 3. The second-order valence-electron chi connectivity index (χ2n) is 6.59. The molecule has 2 rings (SSSR count). The molecule has 1 amide bonds. The van der Waals surface area contributed by atoms with Gasteiger partial charge < -0.3 is 4.90 Å². The fourth-order valence-electron chi connectivity index (χ4n) is 2.47. The van der Waals surface area contributed by atoms with Crippen LogP contribution >= 0.6 is 23.2 Å². The van der Waals surface area contributed by atoms with Gasteiger partial charge in [-0.05, 0) is 29.5 Å². The van der Waals surface area contributed by atoms with E-state index in [4.69, 9.17) is 23.2 Å². The Kier molecular flexibility index (Phi) is 4.64. The maximum atomic E-state index is 12.3. The molecule has 1 atom stereocenters. The van der Waals surface area contributed by atoms with Crippen molar-refractivity contribution >= 4 is 34.9 Å². The first-order valence-corrected chi connectivity index (χ1v) is 7.70. The predicted octanol–water partition coefficient (Wildman–Crippen LogP) is 4.07. The molecule has 1 aromatic rings. The lowest BCUT2D eigenvalue weighted by atomic mass is 9.80. The summed E-state index contributed by atoms with van der Waals surface area (Å²) in [5, 5.41) is 0.825. The minimum Gasteiger partial charge on any atom is -0.335 e. The SMILES string of the molecule is CC(C)(C)C1CC(=O)N(CC(=O)c2cc(Cl)ccc2Cl)C1. The highest BCUT2D eigenvalue weighted by molar-refractivity contribution is 6.36. The molecule has 3 nitrogen and oxygen atoms in total. The molecule has 0 radical (unpaired) electrons.